The van der Waals surface area contributed by atoms with Crippen molar-refractivity contribution in [3.63, 3.8) is 0 Å². The number of hydrogen-bond acceptors (Lipinski definition) is 2. The van der Waals surface area contributed by atoms with Crippen molar-refractivity contribution in [1.29, 1.82) is 0 Å². The summed E-state index contributed by atoms with van der Waals surface area (Å²) in [7, 11) is 0. The standard InChI is InChI=1S/C17H10Br2O2/c18-8-1-3-10-12(5-8)16(20)15-7-14(10)17(21)13-6-9(19)2-4-11(13)15/h1-6,14-15H,7H2/t14-,15-/m0/s1. The minimum atomic E-state index is -0.197. The molecule has 21 heavy (non-hydrogen) atoms. The van der Waals surface area contributed by atoms with Gasteiger partial charge in [0.15, 0.2) is 11.6 Å². The number of benzene rings is 2. The maximum absolute atomic E-state index is 12.8. The van der Waals surface area contributed by atoms with Crippen LogP contribution in [0.4, 0.5) is 0 Å². The Balaban J connectivity index is 1.98. The van der Waals surface area contributed by atoms with E-state index >= 15 is 0 Å². The highest BCUT2D eigenvalue weighted by Crippen LogP contribution is 2.47. The van der Waals surface area contributed by atoms with Crippen LogP contribution in [-0.4, -0.2) is 11.6 Å². The van der Waals surface area contributed by atoms with Gasteiger partial charge in [-0.05, 0) is 41.8 Å². The molecule has 0 unspecified atom stereocenters. The zero-order valence-electron chi connectivity index (χ0n) is 10.9. The molecule has 0 fully saturated rings. The topological polar surface area (TPSA) is 34.1 Å². The number of carbonyl (C=O) groups is 2. The summed E-state index contributed by atoms with van der Waals surface area (Å²) in [5.41, 5.74) is 3.12. The Morgan fingerprint density at radius 2 is 1.19 bits per heavy atom. The molecule has 4 heteroatoms. The van der Waals surface area contributed by atoms with Crippen LogP contribution in [0.2, 0.25) is 0 Å². The lowest BCUT2D eigenvalue weighted by Gasteiger charge is -2.35. The lowest BCUT2D eigenvalue weighted by Crippen LogP contribution is -2.34. The van der Waals surface area contributed by atoms with Gasteiger partial charge in [0.2, 0.25) is 0 Å². The van der Waals surface area contributed by atoms with Gasteiger partial charge in [0.1, 0.15) is 0 Å². The van der Waals surface area contributed by atoms with Crippen LogP contribution in [0.25, 0.3) is 0 Å². The molecule has 4 rings (SSSR count). The predicted molar refractivity (Wildman–Crippen MR) is 87.0 cm³/mol. The number of fused-ring (bicyclic) bond motifs is 6. The Morgan fingerprint density at radius 1 is 0.762 bits per heavy atom. The zero-order chi connectivity index (χ0) is 14.7. The molecule has 0 heterocycles. The summed E-state index contributed by atoms with van der Waals surface area (Å²) >= 11 is 6.82. The third-order valence-corrected chi connectivity index (χ3v) is 5.40. The van der Waals surface area contributed by atoms with Crippen molar-refractivity contribution in [2.24, 2.45) is 0 Å². The van der Waals surface area contributed by atoms with Gasteiger partial charge in [-0.2, -0.15) is 0 Å². The Hall–Kier alpha value is -1.26. The van der Waals surface area contributed by atoms with Crippen LogP contribution in [0.5, 0.6) is 0 Å². The fraction of sp³-hybridized carbons (Fsp3) is 0.176. The molecule has 0 aliphatic heterocycles. The van der Waals surface area contributed by atoms with E-state index in [0.29, 0.717) is 17.5 Å². The van der Waals surface area contributed by atoms with Gasteiger partial charge >= 0.3 is 0 Å². The second kappa shape index (κ2) is 4.62. The molecule has 2 bridgehead atoms. The van der Waals surface area contributed by atoms with E-state index in [9.17, 15) is 9.59 Å². The highest BCUT2D eigenvalue weighted by Gasteiger charge is 2.43. The van der Waals surface area contributed by atoms with Gasteiger partial charge in [-0.15, -0.1) is 0 Å². The van der Waals surface area contributed by atoms with Crippen LogP contribution < -0.4 is 0 Å². The Kier molecular flexibility index (Phi) is 2.95. The third kappa shape index (κ3) is 1.89. The minimum Gasteiger partial charge on any atom is -0.293 e. The zero-order valence-corrected chi connectivity index (χ0v) is 14.1. The van der Waals surface area contributed by atoms with E-state index in [1.807, 2.05) is 36.4 Å². The molecular formula is C17H10Br2O2. The van der Waals surface area contributed by atoms with Crippen molar-refractivity contribution in [2.75, 3.05) is 0 Å². The SMILES string of the molecule is O=C1c2cc(Br)ccc2[C@@H]2C[C@H]1c1ccc(Br)cc1C2=O. The fourth-order valence-electron chi connectivity index (χ4n) is 3.45. The molecular weight excluding hydrogens is 396 g/mol. The summed E-state index contributed by atoms with van der Waals surface area (Å²) < 4.78 is 1.75. The summed E-state index contributed by atoms with van der Waals surface area (Å²) in [5, 5.41) is 0. The third-order valence-electron chi connectivity index (χ3n) is 4.42. The molecule has 2 aromatic carbocycles. The van der Waals surface area contributed by atoms with Crippen LogP contribution in [0.15, 0.2) is 45.3 Å². The number of ketones is 2. The monoisotopic (exact) mass is 404 g/mol. The summed E-state index contributed by atoms with van der Waals surface area (Å²) in [5.74, 6) is -0.146. The first-order valence-corrected chi connectivity index (χ1v) is 8.32. The number of carbonyl (C=O) groups excluding carboxylic acids is 2. The fourth-order valence-corrected chi connectivity index (χ4v) is 4.18. The summed E-state index contributed by atoms with van der Waals surface area (Å²) in [6, 6.07) is 11.3. The quantitative estimate of drug-likeness (QED) is 0.627. The predicted octanol–water partition coefficient (Wildman–Crippen LogP) is 4.86. The van der Waals surface area contributed by atoms with Crippen LogP contribution in [0, 0.1) is 0 Å². The molecule has 2 aliphatic rings. The highest BCUT2D eigenvalue weighted by molar-refractivity contribution is 9.10. The van der Waals surface area contributed by atoms with Crippen molar-refractivity contribution in [2.45, 2.75) is 18.3 Å². The molecule has 2 atom stereocenters. The first kappa shape index (κ1) is 13.4. The molecule has 0 amide bonds. The van der Waals surface area contributed by atoms with Gasteiger partial charge in [0.05, 0.1) is 0 Å². The largest absolute Gasteiger partial charge is 0.293 e. The summed E-state index contributed by atoms with van der Waals surface area (Å²) in [6.07, 6.45) is 0.598. The van der Waals surface area contributed by atoms with Crippen LogP contribution in [0.1, 0.15) is 50.1 Å². The smallest absolute Gasteiger partial charge is 0.170 e. The van der Waals surface area contributed by atoms with Crippen molar-refractivity contribution in [3.05, 3.63) is 67.6 Å². The van der Waals surface area contributed by atoms with Crippen molar-refractivity contribution in [1.82, 2.24) is 0 Å². The average molecular weight is 406 g/mol. The summed E-state index contributed by atoms with van der Waals surface area (Å²) in [4.78, 5) is 25.6. The van der Waals surface area contributed by atoms with E-state index in [0.717, 1.165) is 20.1 Å². The molecule has 0 saturated heterocycles. The maximum Gasteiger partial charge on any atom is 0.170 e. The molecule has 0 aromatic heterocycles. The molecule has 0 radical (unpaired) electrons. The minimum absolute atomic E-state index is 0.124. The highest BCUT2D eigenvalue weighted by atomic mass is 79.9. The van der Waals surface area contributed by atoms with Gasteiger partial charge in [-0.25, -0.2) is 0 Å². The van der Waals surface area contributed by atoms with Crippen molar-refractivity contribution in [3.8, 4) is 0 Å². The number of halogens is 2. The molecule has 0 spiro atoms. The van der Waals surface area contributed by atoms with E-state index in [1.54, 1.807) is 0 Å². The number of Topliss-reactive ketones (excluding diaryl/α,β-unsaturated/α-hetero) is 2. The van der Waals surface area contributed by atoms with Crippen LogP contribution in [-0.2, 0) is 0 Å². The Morgan fingerprint density at radius 3 is 1.62 bits per heavy atom. The van der Waals surface area contributed by atoms with Crippen molar-refractivity contribution < 1.29 is 9.59 Å². The normalized spacial score (nSPS) is 22.8. The van der Waals surface area contributed by atoms with E-state index in [-0.39, 0.29) is 23.4 Å². The van der Waals surface area contributed by atoms with E-state index in [4.69, 9.17) is 0 Å². The average Bonchev–Trinajstić information content (AvgIpc) is 2.47. The van der Waals surface area contributed by atoms with E-state index < -0.39 is 0 Å². The van der Waals surface area contributed by atoms with Gasteiger partial charge < -0.3 is 0 Å². The number of hydrogen-bond donors (Lipinski definition) is 0. The van der Waals surface area contributed by atoms with Gasteiger partial charge in [0.25, 0.3) is 0 Å². The maximum atomic E-state index is 12.8. The molecule has 2 nitrogen and oxygen atoms in total. The van der Waals surface area contributed by atoms with Crippen LogP contribution in [0.3, 0.4) is 0 Å². The second-order valence-corrected chi connectivity index (χ2v) is 7.36. The van der Waals surface area contributed by atoms with E-state index in [1.165, 1.54) is 0 Å². The molecule has 104 valence electrons. The Bertz CT molecular complexity index is 743. The van der Waals surface area contributed by atoms with Crippen LogP contribution >= 0.6 is 31.9 Å². The first-order valence-electron chi connectivity index (χ1n) is 6.73. The van der Waals surface area contributed by atoms with Gasteiger partial charge in [-0.1, -0.05) is 44.0 Å². The van der Waals surface area contributed by atoms with Crippen molar-refractivity contribution >= 4 is 43.4 Å². The Labute approximate surface area is 138 Å². The van der Waals surface area contributed by atoms with Gasteiger partial charge in [-0.3, -0.25) is 9.59 Å². The second-order valence-electron chi connectivity index (χ2n) is 5.53. The molecule has 2 aromatic rings. The molecule has 0 saturated carbocycles. The summed E-state index contributed by atoms with van der Waals surface area (Å²) in [6.45, 7) is 0. The first-order chi connectivity index (χ1) is 10.1. The molecule has 2 aliphatic carbocycles. The lowest BCUT2D eigenvalue weighted by atomic mass is 9.65. The molecule has 0 N–H and O–H groups in total. The lowest BCUT2D eigenvalue weighted by molar-refractivity contribution is 0.0875. The van der Waals surface area contributed by atoms with E-state index in [2.05, 4.69) is 31.9 Å². The van der Waals surface area contributed by atoms with Gasteiger partial charge in [0, 0.05) is 31.9 Å². The number of rotatable bonds is 0.